The minimum absolute atomic E-state index is 0.0722. The van der Waals surface area contributed by atoms with Gasteiger partial charge in [-0.05, 0) is 36.8 Å². The van der Waals surface area contributed by atoms with Crippen molar-refractivity contribution < 1.29 is 18.7 Å². The van der Waals surface area contributed by atoms with Crippen molar-refractivity contribution in [2.75, 3.05) is 19.5 Å². The number of ketones is 1. The number of carbonyl (C=O) groups excluding carboxylic acids is 1. The first kappa shape index (κ1) is 15.8. The number of rotatable bonds is 6. The van der Waals surface area contributed by atoms with Gasteiger partial charge in [0.15, 0.2) is 17.3 Å². The van der Waals surface area contributed by atoms with Crippen molar-refractivity contribution in [2.45, 2.75) is 13.5 Å². The first-order chi connectivity index (χ1) is 10.6. The molecule has 0 aromatic heterocycles. The maximum Gasteiger partial charge on any atom is 0.164 e. The molecular formula is C17H18FNO3. The van der Waals surface area contributed by atoms with E-state index in [4.69, 9.17) is 9.47 Å². The fourth-order valence-electron chi connectivity index (χ4n) is 2.22. The number of benzene rings is 2. The highest BCUT2D eigenvalue weighted by molar-refractivity contribution is 5.99. The molecule has 2 aromatic carbocycles. The highest BCUT2D eigenvalue weighted by Crippen LogP contribution is 2.28. The van der Waals surface area contributed by atoms with Gasteiger partial charge in [0.25, 0.3) is 0 Å². The molecule has 0 heterocycles. The summed E-state index contributed by atoms with van der Waals surface area (Å²) >= 11 is 0. The van der Waals surface area contributed by atoms with E-state index < -0.39 is 5.82 Å². The molecule has 4 nitrogen and oxygen atoms in total. The number of ether oxygens (including phenoxy) is 2. The standard InChI is InChI=1S/C17H18FNO3/c1-11(20)17-13(18)5-4-6-14(17)19-10-12-7-8-15(21-2)16(9-12)22-3/h4-9,19H,10H2,1-3H3. The Labute approximate surface area is 128 Å². The average molecular weight is 303 g/mol. The summed E-state index contributed by atoms with van der Waals surface area (Å²) in [6.07, 6.45) is 0. The van der Waals surface area contributed by atoms with E-state index in [2.05, 4.69) is 5.32 Å². The summed E-state index contributed by atoms with van der Waals surface area (Å²) < 4.78 is 24.2. The summed E-state index contributed by atoms with van der Waals surface area (Å²) in [4.78, 5) is 11.6. The largest absolute Gasteiger partial charge is 0.493 e. The summed E-state index contributed by atoms with van der Waals surface area (Å²) in [5.41, 5.74) is 1.47. The quantitative estimate of drug-likeness (QED) is 0.827. The molecule has 2 aromatic rings. The molecule has 0 aliphatic rings. The lowest BCUT2D eigenvalue weighted by molar-refractivity contribution is 0.101. The van der Waals surface area contributed by atoms with E-state index in [1.54, 1.807) is 32.4 Å². The van der Waals surface area contributed by atoms with Gasteiger partial charge in [-0.1, -0.05) is 12.1 Å². The lowest BCUT2D eigenvalue weighted by atomic mass is 10.1. The zero-order valence-electron chi connectivity index (χ0n) is 12.8. The van der Waals surface area contributed by atoms with Crippen molar-refractivity contribution in [1.29, 1.82) is 0 Å². The molecule has 0 fully saturated rings. The van der Waals surface area contributed by atoms with Crippen molar-refractivity contribution in [1.82, 2.24) is 0 Å². The Hall–Kier alpha value is -2.56. The summed E-state index contributed by atoms with van der Waals surface area (Å²) in [5, 5.41) is 3.08. The van der Waals surface area contributed by atoms with Gasteiger partial charge in [0.05, 0.1) is 19.8 Å². The molecule has 0 amide bonds. The molecule has 0 unspecified atom stereocenters. The molecule has 0 aliphatic carbocycles. The smallest absolute Gasteiger partial charge is 0.164 e. The van der Waals surface area contributed by atoms with Crippen molar-refractivity contribution in [3.63, 3.8) is 0 Å². The number of anilines is 1. The molecule has 5 heteroatoms. The van der Waals surface area contributed by atoms with E-state index in [-0.39, 0.29) is 11.3 Å². The van der Waals surface area contributed by atoms with Crippen molar-refractivity contribution in [2.24, 2.45) is 0 Å². The van der Waals surface area contributed by atoms with E-state index in [9.17, 15) is 9.18 Å². The maximum atomic E-state index is 13.7. The molecule has 0 saturated heterocycles. The maximum absolute atomic E-state index is 13.7. The Balaban J connectivity index is 2.20. The SMILES string of the molecule is COc1ccc(CNc2cccc(F)c2C(C)=O)cc1OC. The molecule has 2 rings (SSSR count). The summed E-state index contributed by atoms with van der Waals surface area (Å²) in [6.45, 7) is 1.78. The average Bonchev–Trinajstić information content (AvgIpc) is 2.52. The molecule has 116 valence electrons. The summed E-state index contributed by atoms with van der Waals surface area (Å²) in [6, 6.07) is 10.0. The van der Waals surface area contributed by atoms with Crippen LogP contribution in [0.1, 0.15) is 22.8 Å². The van der Waals surface area contributed by atoms with Gasteiger partial charge in [0.2, 0.25) is 0 Å². The fraction of sp³-hybridized carbons (Fsp3) is 0.235. The van der Waals surface area contributed by atoms with E-state index in [1.165, 1.54) is 13.0 Å². The van der Waals surface area contributed by atoms with Gasteiger partial charge >= 0.3 is 0 Å². The van der Waals surface area contributed by atoms with Gasteiger partial charge in [-0.3, -0.25) is 4.79 Å². The molecule has 0 aliphatic heterocycles. The predicted octanol–water partition coefficient (Wildman–Crippen LogP) is 3.66. The second-order valence-electron chi connectivity index (χ2n) is 4.76. The molecule has 0 atom stereocenters. The highest BCUT2D eigenvalue weighted by Gasteiger charge is 2.13. The van der Waals surface area contributed by atoms with Crippen LogP contribution in [0.15, 0.2) is 36.4 Å². The molecule has 0 radical (unpaired) electrons. The zero-order chi connectivity index (χ0) is 16.1. The highest BCUT2D eigenvalue weighted by atomic mass is 19.1. The Morgan fingerprint density at radius 2 is 1.86 bits per heavy atom. The van der Waals surface area contributed by atoms with Crippen LogP contribution in [0.25, 0.3) is 0 Å². The van der Waals surface area contributed by atoms with Gasteiger partial charge in [-0.15, -0.1) is 0 Å². The van der Waals surface area contributed by atoms with Crippen molar-refractivity contribution in [3.05, 3.63) is 53.3 Å². The Morgan fingerprint density at radius 1 is 1.14 bits per heavy atom. The van der Waals surface area contributed by atoms with E-state index >= 15 is 0 Å². The molecule has 0 spiro atoms. The third kappa shape index (κ3) is 3.36. The Kier molecular flexibility index (Phi) is 4.99. The number of hydrogen-bond acceptors (Lipinski definition) is 4. The van der Waals surface area contributed by atoms with Crippen LogP contribution in [-0.2, 0) is 6.54 Å². The van der Waals surface area contributed by atoms with E-state index in [0.29, 0.717) is 23.7 Å². The van der Waals surface area contributed by atoms with Gasteiger partial charge in [-0.25, -0.2) is 4.39 Å². The molecular weight excluding hydrogens is 285 g/mol. The van der Waals surface area contributed by atoms with Crippen LogP contribution < -0.4 is 14.8 Å². The van der Waals surface area contributed by atoms with Crippen LogP contribution >= 0.6 is 0 Å². The van der Waals surface area contributed by atoms with Crippen LogP contribution in [0.5, 0.6) is 11.5 Å². The van der Waals surface area contributed by atoms with Crippen LogP contribution in [0.2, 0.25) is 0 Å². The number of hydrogen-bond donors (Lipinski definition) is 1. The minimum Gasteiger partial charge on any atom is -0.493 e. The minimum atomic E-state index is -0.523. The third-order valence-corrected chi connectivity index (χ3v) is 3.30. The zero-order valence-corrected chi connectivity index (χ0v) is 12.8. The lowest BCUT2D eigenvalue weighted by Gasteiger charge is -2.13. The lowest BCUT2D eigenvalue weighted by Crippen LogP contribution is -2.07. The fourth-order valence-corrected chi connectivity index (χ4v) is 2.22. The molecule has 22 heavy (non-hydrogen) atoms. The Morgan fingerprint density at radius 3 is 2.50 bits per heavy atom. The summed E-state index contributed by atoms with van der Waals surface area (Å²) in [5.74, 6) is 0.423. The number of halogens is 1. The Bertz CT molecular complexity index is 686. The van der Waals surface area contributed by atoms with E-state index in [0.717, 1.165) is 5.56 Å². The van der Waals surface area contributed by atoms with Gasteiger partial charge in [0.1, 0.15) is 5.82 Å². The monoisotopic (exact) mass is 303 g/mol. The molecule has 1 N–H and O–H groups in total. The summed E-state index contributed by atoms with van der Waals surface area (Å²) in [7, 11) is 3.14. The van der Waals surface area contributed by atoms with Gasteiger partial charge in [-0.2, -0.15) is 0 Å². The number of carbonyl (C=O) groups is 1. The second kappa shape index (κ2) is 6.93. The van der Waals surface area contributed by atoms with Crippen molar-refractivity contribution in [3.8, 4) is 11.5 Å². The van der Waals surface area contributed by atoms with Crippen LogP contribution in [0.3, 0.4) is 0 Å². The van der Waals surface area contributed by atoms with Gasteiger partial charge < -0.3 is 14.8 Å². The normalized spacial score (nSPS) is 10.2. The predicted molar refractivity (Wildman–Crippen MR) is 83.3 cm³/mol. The first-order valence-electron chi connectivity index (χ1n) is 6.81. The number of nitrogens with one attached hydrogen (secondary N) is 1. The third-order valence-electron chi connectivity index (χ3n) is 3.30. The van der Waals surface area contributed by atoms with Crippen LogP contribution in [0, 0.1) is 5.82 Å². The van der Waals surface area contributed by atoms with Crippen LogP contribution in [-0.4, -0.2) is 20.0 Å². The van der Waals surface area contributed by atoms with Crippen molar-refractivity contribution >= 4 is 11.5 Å². The van der Waals surface area contributed by atoms with Gasteiger partial charge in [0, 0.05) is 12.2 Å². The second-order valence-corrected chi connectivity index (χ2v) is 4.76. The van der Waals surface area contributed by atoms with E-state index in [1.807, 2.05) is 12.1 Å². The molecule has 0 saturated carbocycles. The number of Topliss-reactive ketones (excluding diaryl/α,β-unsaturated/α-hetero) is 1. The molecule has 0 bridgehead atoms. The topological polar surface area (TPSA) is 47.6 Å². The number of methoxy groups -OCH3 is 2. The van der Waals surface area contributed by atoms with Crippen LogP contribution in [0.4, 0.5) is 10.1 Å². The first-order valence-corrected chi connectivity index (χ1v) is 6.81.